The standard InChI is InChI=1S/C21H22N2O2S/c1-15-6-5-7-16(12-15)10-11-22-20(24)14-26-19-13-21(25)23(2)18-9-4-3-8-17(18)19/h3-9,12-13H,10-11,14H2,1-2H3,(H,22,24). The molecule has 3 rings (SSSR count). The fraction of sp³-hybridized carbons (Fsp3) is 0.238. The fourth-order valence-electron chi connectivity index (χ4n) is 2.91. The molecule has 26 heavy (non-hydrogen) atoms. The SMILES string of the molecule is Cc1cccc(CCNC(=O)CSc2cc(=O)n(C)c3ccccc23)c1. The van der Waals surface area contributed by atoms with E-state index in [2.05, 4.69) is 30.4 Å². The van der Waals surface area contributed by atoms with Gasteiger partial charge >= 0.3 is 0 Å². The number of fused-ring (bicyclic) bond motifs is 1. The van der Waals surface area contributed by atoms with Crippen LogP contribution in [0.25, 0.3) is 10.9 Å². The number of nitrogens with zero attached hydrogens (tertiary/aromatic N) is 1. The third-order valence-electron chi connectivity index (χ3n) is 4.29. The molecule has 0 atom stereocenters. The molecule has 1 heterocycles. The van der Waals surface area contributed by atoms with Crippen LogP contribution in [0.3, 0.4) is 0 Å². The van der Waals surface area contributed by atoms with E-state index in [1.165, 1.54) is 22.9 Å². The summed E-state index contributed by atoms with van der Waals surface area (Å²) in [5.41, 5.74) is 3.26. The number of benzene rings is 2. The molecule has 0 bridgehead atoms. The average molecular weight is 366 g/mol. The van der Waals surface area contributed by atoms with Gasteiger partial charge in [-0.05, 0) is 25.0 Å². The predicted molar refractivity (Wildman–Crippen MR) is 108 cm³/mol. The molecular formula is C21H22N2O2S. The Hall–Kier alpha value is -2.53. The van der Waals surface area contributed by atoms with Gasteiger partial charge < -0.3 is 9.88 Å². The van der Waals surface area contributed by atoms with Gasteiger partial charge in [0.2, 0.25) is 5.91 Å². The summed E-state index contributed by atoms with van der Waals surface area (Å²) in [5.74, 6) is 0.276. The molecule has 1 aromatic heterocycles. The maximum absolute atomic E-state index is 12.1. The van der Waals surface area contributed by atoms with Crippen LogP contribution < -0.4 is 10.9 Å². The molecule has 2 aromatic carbocycles. The van der Waals surface area contributed by atoms with Crippen molar-refractivity contribution in [2.24, 2.45) is 7.05 Å². The van der Waals surface area contributed by atoms with Crippen molar-refractivity contribution in [2.75, 3.05) is 12.3 Å². The number of aromatic nitrogens is 1. The summed E-state index contributed by atoms with van der Waals surface area (Å²) in [5, 5.41) is 3.94. The Labute approximate surface area is 157 Å². The van der Waals surface area contributed by atoms with Gasteiger partial charge in [0, 0.05) is 29.9 Å². The van der Waals surface area contributed by atoms with Crippen molar-refractivity contribution in [1.29, 1.82) is 0 Å². The normalized spacial score (nSPS) is 10.8. The number of hydrogen-bond donors (Lipinski definition) is 1. The second-order valence-electron chi connectivity index (χ2n) is 6.30. The molecule has 1 amide bonds. The van der Waals surface area contributed by atoms with Gasteiger partial charge in [0.15, 0.2) is 0 Å². The number of nitrogens with one attached hydrogen (secondary N) is 1. The number of hydrogen-bond acceptors (Lipinski definition) is 3. The van der Waals surface area contributed by atoms with Gasteiger partial charge in [-0.1, -0.05) is 48.0 Å². The lowest BCUT2D eigenvalue weighted by molar-refractivity contribution is -0.118. The molecule has 4 nitrogen and oxygen atoms in total. The maximum Gasteiger partial charge on any atom is 0.251 e. The number of amides is 1. The van der Waals surface area contributed by atoms with Crippen LogP contribution >= 0.6 is 11.8 Å². The zero-order valence-electron chi connectivity index (χ0n) is 15.0. The minimum Gasteiger partial charge on any atom is -0.355 e. The van der Waals surface area contributed by atoms with Crippen LogP contribution in [-0.2, 0) is 18.3 Å². The summed E-state index contributed by atoms with van der Waals surface area (Å²) in [7, 11) is 1.76. The van der Waals surface area contributed by atoms with Crippen LogP contribution in [-0.4, -0.2) is 22.8 Å². The first-order valence-corrected chi connectivity index (χ1v) is 9.57. The summed E-state index contributed by atoms with van der Waals surface area (Å²) in [6.07, 6.45) is 0.812. The van der Waals surface area contributed by atoms with Crippen molar-refractivity contribution >= 4 is 28.6 Å². The van der Waals surface area contributed by atoms with E-state index in [1.54, 1.807) is 17.7 Å². The van der Waals surface area contributed by atoms with Crippen molar-refractivity contribution in [3.05, 3.63) is 76.1 Å². The number of para-hydroxylation sites is 1. The second-order valence-corrected chi connectivity index (χ2v) is 7.32. The Balaban J connectivity index is 1.59. The van der Waals surface area contributed by atoms with E-state index in [9.17, 15) is 9.59 Å². The van der Waals surface area contributed by atoms with Crippen LogP contribution in [0, 0.1) is 6.92 Å². The van der Waals surface area contributed by atoms with Crippen LogP contribution in [0.4, 0.5) is 0 Å². The first-order valence-electron chi connectivity index (χ1n) is 8.58. The van der Waals surface area contributed by atoms with E-state index in [0.717, 1.165) is 22.2 Å². The highest BCUT2D eigenvalue weighted by molar-refractivity contribution is 8.00. The topological polar surface area (TPSA) is 51.1 Å². The summed E-state index contributed by atoms with van der Waals surface area (Å²) < 4.78 is 1.63. The van der Waals surface area contributed by atoms with E-state index in [1.807, 2.05) is 30.3 Å². The molecule has 0 fully saturated rings. The highest BCUT2D eigenvalue weighted by atomic mass is 32.2. The fourth-order valence-corrected chi connectivity index (χ4v) is 3.81. The maximum atomic E-state index is 12.1. The Morgan fingerprint density at radius 2 is 1.92 bits per heavy atom. The largest absolute Gasteiger partial charge is 0.355 e. The molecule has 0 saturated heterocycles. The lowest BCUT2D eigenvalue weighted by Gasteiger charge is -2.10. The zero-order chi connectivity index (χ0) is 18.5. The molecule has 134 valence electrons. The summed E-state index contributed by atoms with van der Waals surface area (Å²) in [6, 6.07) is 17.7. The van der Waals surface area contributed by atoms with E-state index < -0.39 is 0 Å². The van der Waals surface area contributed by atoms with Crippen molar-refractivity contribution in [2.45, 2.75) is 18.2 Å². The molecule has 5 heteroatoms. The van der Waals surface area contributed by atoms with Crippen LogP contribution in [0.1, 0.15) is 11.1 Å². The number of aryl methyl sites for hydroxylation is 2. The molecule has 0 radical (unpaired) electrons. The third kappa shape index (κ3) is 4.35. The summed E-state index contributed by atoms with van der Waals surface area (Å²) in [4.78, 5) is 25.1. The predicted octanol–water partition coefficient (Wildman–Crippen LogP) is 3.30. The first-order chi connectivity index (χ1) is 12.5. The third-order valence-corrected chi connectivity index (χ3v) is 5.35. The Morgan fingerprint density at radius 1 is 1.12 bits per heavy atom. The zero-order valence-corrected chi connectivity index (χ0v) is 15.8. The van der Waals surface area contributed by atoms with E-state index in [4.69, 9.17) is 0 Å². The number of carbonyl (C=O) groups is 1. The number of carbonyl (C=O) groups excluding carboxylic acids is 1. The van der Waals surface area contributed by atoms with Crippen molar-refractivity contribution in [3.8, 4) is 0 Å². The van der Waals surface area contributed by atoms with Crippen molar-refractivity contribution in [3.63, 3.8) is 0 Å². The van der Waals surface area contributed by atoms with Crippen molar-refractivity contribution < 1.29 is 4.79 Å². The highest BCUT2D eigenvalue weighted by Crippen LogP contribution is 2.25. The highest BCUT2D eigenvalue weighted by Gasteiger charge is 2.09. The van der Waals surface area contributed by atoms with Gasteiger partial charge in [0.1, 0.15) is 0 Å². The monoisotopic (exact) mass is 366 g/mol. The number of rotatable bonds is 6. The molecule has 1 N–H and O–H groups in total. The molecule has 0 spiro atoms. The number of thioether (sulfide) groups is 1. The summed E-state index contributed by atoms with van der Waals surface area (Å²) >= 11 is 1.40. The molecular weight excluding hydrogens is 344 g/mol. The average Bonchev–Trinajstić information content (AvgIpc) is 2.64. The molecule has 0 aliphatic heterocycles. The molecule has 0 saturated carbocycles. The smallest absolute Gasteiger partial charge is 0.251 e. The van der Waals surface area contributed by atoms with Gasteiger partial charge in [0.05, 0.1) is 11.3 Å². The quantitative estimate of drug-likeness (QED) is 0.681. The minimum absolute atomic E-state index is 0.0209. The minimum atomic E-state index is -0.0638. The van der Waals surface area contributed by atoms with E-state index in [-0.39, 0.29) is 11.5 Å². The first kappa shape index (κ1) is 18.3. The van der Waals surface area contributed by atoms with Gasteiger partial charge in [-0.2, -0.15) is 0 Å². The summed E-state index contributed by atoms with van der Waals surface area (Å²) in [6.45, 7) is 2.67. The Kier molecular flexibility index (Phi) is 5.78. The second kappa shape index (κ2) is 8.23. The molecule has 0 aliphatic carbocycles. The van der Waals surface area contributed by atoms with E-state index in [0.29, 0.717) is 12.3 Å². The van der Waals surface area contributed by atoms with Gasteiger partial charge in [-0.15, -0.1) is 11.8 Å². The lowest BCUT2D eigenvalue weighted by atomic mass is 10.1. The van der Waals surface area contributed by atoms with E-state index >= 15 is 0 Å². The molecule has 0 unspecified atom stereocenters. The van der Waals surface area contributed by atoms with Crippen LogP contribution in [0.15, 0.2) is 64.3 Å². The van der Waals surface area contributed by atoms with Crippen LogP contribution in [0.5, 0.6) is 0 Å². The Morgan fingerprint density at radius 3 is 2.73 bits per heavy atom. The van der Waals surface area contributed by atoms with Crippen LogP contribution in [0.2, 0.25) is 0 Å². The molecule has 3 aromatic rings. The lowest BCUT2D eigenvalue weighted by Crippen LogP contribution is -2.27. The van der Waals surface area contributed by atoms with Gasteiger partial charge in [0.25, 0.3) is 5.56 Å². The van der Waals surface area contributed by atoms with Gasteiger partial charge in [-0.3, -0.25) is 9.59 Å². The van der Waals surface area contributed by atoms with Gasteiger partial charge in [-0.25, -0.2) is 0 Å². The van der Waals surface area contributed by atoms with Crippen molar-refractivity contribution in [1.82, 2.24) is 9.88 Å². The number of pyridine rings is 1. The Bertz CT molecular complexity index is 995. The molecule has 0 aliphatic rings.